The number of halogens is 1. The quantitative estimate of drug-likeness (QED) is 0.897. The Bertz CT molecular complexity index is 563. The Morgan fingerprint density at radius 1 is 1.47 bits per heavy atom. The maximum Gasteiger partial charge on any atom is 0.180 e. The Balaban J connectivity index is 2.36. The van der Waals surface area contributed by atoms with Gasteiger partial charge in [0.1, 0.15) is 11.6 Å². The Morgan fingerprint density at radius 3 is 2.89 bits per heavy atom. The second-order valence-corrected chi connectivity index (χ2v) is 4.18. The molecule has 5 heteroatoms. The number of benzene rings is 1. The molecule has 0 radical (unpaired) electrons. The van der Waals surface area contributed by atoms with Gasteiger partial charge in [-0.1, -0.05) is 12.1 Å². The topological polar surface area (TPSA) is 70.0 Å². The summed E-state index contributed by atoms with van der Waals surface area (Å²) in [6.07, 6.45) is 3.15. The molecule has 4 nitrogen and oxygen atoms in total. The highest BCUT2D eigenvalue weighted by molar-refractivity contribution is 5.30. The highest BCUT2D eigenvalue weighted by Gasteiger charge is 2.27. The summed E-state index contributed by atoms with van der Waals surface area (Å²) in [7, 11) is 0. The molecule has 0 bridgehead atoms. The molecule has 1 aromatic heterocycles. The summed E-state index contributed by atoms with van der Waals surface area (Å²) < 4.78 is 18.5. The molecule has 0 fully saturated rings. The normalized spacial score (nSPS) is 13.7. The van der Waals surface area contributed by atoms with E-state index in [1.807, 2.05) is 0 Å². The predicted molar refractivity (Wildman–Crippen MR) is 65.7 cm³/mol. The fourth-order valence-electron chi connectivity index (χ4n) is 2.12. The molecule has 1 aromatic carbocycles. The van der Waals surface area contributed by atoms with E-state index in [0.29, 0.717) is 17.7 Å². The minimum Gasteiger partial charge on any atom is -0.448 e. The molecule has 0 amide bonds. The van der Waals surface area contributed by atoms with Crippen molar-refractivity contribution in [2.24, 2.45) is 0 Å². The first-order valence-corrected chi connectivity index (χ1v) is 5.90. The number of nitrogens with zero attached hydrogens (tertiary/aromatic N) is 2. The van der Waals surface area contributed by atoms with Gasteiger partial charge >= 0.3 is 0 Å². The zero-order valence-corrected chi connectivity index (χ0v) is 10.2. The van der Waals surface area contributed by atoms with Crippen LogP contribution in [0.2, 0.25) is 0 Å². The molecule has 0 unspecified atom stereocenters. The van der Waals surface area contributed by atoms with Gasteiger partial charge in [0.05, 0.1) is 18.2 Å². The molecule has 2 rings (SSSR count). The Morgan fingerprint density at radius 2 is 2.32 bits per heavy atom. The summed E-state index contributed by atoms with van der Waals surface area (Å²) in [5.74, 6) is -0.807. The monoisotopic (exact) mass is 260 g/mol. The van der Waals surface area contributed by atoms with Gasteiger partial charge in [-0.2, -0.15) is 5.26 Å². The van der Waals surface area contributed by atoms with Crippen LogP contribution in [0.3, 0.4) is 0 Å². The van der Waals surface area contributed by atoms with Crippen LogP contribution in [0, 0.1) is 17.1 Å². The van der Waals surface area contributed by atoms with E-state index >= 15 is 0 Å². The van der Waals surface area contributed by atoms with Crippen molar-refractivity contribution in [3.63, 3.8) is 0 Å². The average molecular weight is 260 g/mol. The van der Waals surface area contributed by atoms with Crippen LogP contribution < -0.4 is 0 Å². The Hall–Kier alpha value is -2.19. The van der Waals surface area contributed by atoms with Crippen LogP contribution >= 0.6 is 0 Å². The summed E-state index contributed by atoms with van der Waals surface area (Å²) in [6, 6.07) is 8.06. The minimum atomic E-state index is -0.587. The Kier molecular flexibility index (Phi) is 4.26. The summed E-state index contributed by atoms with van der Waals surface area (Å²) in [5.41, 5.74) is 0.567. The maximum atomic E-state index is 13.3. The molecular formula is C14H13FN2O2. The van der Waals surface area contributed by atoms with Crippen molar-refractivity contribution in [1.82, 2.24) is 4.98 Å². The zero-order valence-electron chi connectivity index (χ0n) is 10.2. The molecule has 19 heavy (non-hydrogen) atoms. The fraction of sp³-hybridized carbons (Fsp3) is 0.286. The third kappa shape index (κ3) is 2.98. The minimum absolute atomic E-state index is 0.0845. The molecule has 0 aliphatic carbocycles. The van der Waals surface area contributed by atoms with Gasteiger partial charge in [0, 0.05) is 12.5 Å². The number of aliphatic hydroxyl groups excluding tert-OH is 1. The maximum absolute atomic E-state index is 13.3. The van der Waals surface area contributed by atoms with Gasteiger partial charge in [-0.05, 0) is 24.1 Å². The lowest BCUT2D eigenvalue weighted by Crippen LogP contribution is -2.11. The van der Waals surface area contributed by atoms with Crippen molar-refractivity contribution in [2.45, 2.75) is 18.3 Å². The number of oxazole rings is 1. The number of aromatic nitrogens is 1. The highest BCUT2D eigenvalue weighted by Crippen LogP contribution is 2.35. The summed E-state index contributed by atoms with van der Waals surface area (Å²) in [5, 5.41) is 18.5. The molecule has 2 atom stereocenters. The summed E-state index contributed by atoms with van der Waals surface area (Å²) in [4.78, 5) is 3.82. The highest BCUT2D eigenvalue weighted by atomic mass is 19.1. The average Bonchev–Trinajstić information content (AvgIpc) is 2.92. The van der Waals surface area contributed by atoms with E-state index in [-0.39, 0.29) is 12.5 Å². The zero-order chi connectivity index (χ0) is 13.7. The lowest BCUT2D eigenvalue weighted by molar-refractivity contribution is 0.262. The number of hydrogen-bond donors (Lipinski definition) is 1. The van der Waals surface area contributed by atoms with Gasteiger partial charge in [-0.15, -0.1) is 0 Å². The van der Waals surface area contributed by atoms with E-state index < -0.39 is 11.7 Å². The standard InChI is InChI=1S/C14H13FN2O2/c15-11-3-1-2-10(6-11)13(7-16)12(4-5-18)14-8-17-9-19-14/h1-3,6,8-9,12-13,18H,4-5H2/t12-,13-/m0/s1. The largest absolute Gasteiger partial charge is 0.448 e. The smallest absolute Gasteiger partial charge is 0.180 e. The Labute approximate surface area is 110 Å². The van der Waals surface area contributed by atoms with Gasteiger partial charge in [0.25, 0.3) is 0 Å². The van der Waals surface area contributed by atoms with Crippen LogP contribution in [0.1, 0.15) is 29.6 Å². The lowest BCUT2D eigenvalue weighted by atomic mass is 9.83. The first-order valence-electron chi connectivity index (χ1n) is 5.90. The van der Waals surface area contributed by atoms with E-state index in [1.165, 1.54) is 24.7 Å². The lowest BCUT2D eigenvalue weighted by Gasteiger charge is -2.19. The summed E-state index contributed by atoms with van der Waals surface area (Å²) >= 11 is 0. The van der Waals surface area contributed by atoms with E-state index in [9.17, 15) is 9.65 Å². The van der Waals surface area contributed by atoms with Gasteiger partial charge in [-0.3, -0.25) is 0 Å². The second-order valence-electron chi connectivity index (χ2n) is 4.18. The van der Waals surface area contributed by atoms with E-state index in [4.69, 9.17) is 9.52 Å². The molecule has 1 N–H and O–H groups in total. The van der Waals surface area contributed by atoms with E-state index in [1.54, 1.807) is 12.1 Å². The van der Waals surface area contributed by atoms with Crippen molar-refractivity contribution in [1.29, 1.82) is 5.26 Å². The number of rotatable bonds is 5. The van der Waals surface area contributed by atoms with Crippen molar-refractivity contribution >= 4 is 0 Å². The summed E-state index contributed by atoms with van der Waals surface area (Å²) in [6.45, 7) is -0.0845. The predicted octanol–water partition coefficient (Wildman–Crippen LogP) is 2.59. The van der Waals surface area contributed by atoms with Crippen LogP contribution in [0.4, 0.5) is 4.39 Å². The SMILES string of the molecule is N#C[C@@H](c1cccc(F)c1)[C@H](CCO)c1cnco1. The molecule has 0 saturated heterocycles. The second kappa shape index (κ2) is 6.12. The van der Waals surface area contributed by atoms with E-state index in [0.717, 1.165) is 0 Å². The van der Waals surface area contributed by atoms with Crippen molar-refractivity contribution in [3.8, 4) is 6.07 Å². The molecule has 0 spiro atoms. The first kappa shape index (κ1) is 13.2. The molecule has 98 valence electrons. The van der Waals surface area contributed by atoms with Crippen LogP contribution in [-0.4, -0.2) is 16.7 Å². The number of nitriles is 1. The van der Waals surface area contributed by atoms with Gasteiger partial charge in [-0.25, -0.2) is 9.37 Å². The first-order chi connectivity index (χ1) is 9.26. The van der Waals surface area contributed by atoms with Crippen LogP contribution in [0.15, 0.2) is 41.3 Å². The van der Waals surface area contributed by atoms with Crippen LogP contribution in [0.5, 0.6) is 0 Å². The third-order valence-electron chi connectivity index (χ3n) is 3.01. The third-order valence-corrected chi connectivity index (χ3v) is 3.01. The van der Waals surface area contributed by atoms with Crippen molar-refractivity contribution < 1.29 is 13.9 Å². The van der Waals surface area contributed by atoms with Crippen molar-refractivity contribution in [2.75, 3.05) is 6.61 Å². The fourth-order valence-corrected chi connectivity index (χ4v) is 2.12. The van der Waals surface area contributed by atoms with Crippen molar-refractivity contribution in [3.05, 3.63) is 54.0 Å². The molecule has 0 aliphatic rings. The number of aliphatic hydroxyl groups is 1. The molecular weight excluding hydrogens is 247 g/mol. The molecule has 0 saturated carbocycles. The van der Waals surface area contributed by atoms with Crippen LogP contribution in [0.25, 0.3) is 0 Å². The molecule has 1 heterocycles. The molecule has 0 aliphatic heterocycles. The van der Waals surface area contributed by atoms with Gasteiger partial charge in [0.15, 0.2) is 6.39 Å². The number of hydrogen-bond acceptors (Lipinski definition) is 4. The van der Waals surface area contributed by atoms with Gasteiger partial charge < -0.3 is 9.52 Å². The van der Waals surface area contributed by atoms with Gasteiger partial charge in [0.2, 0.25) is 0 Å². The van der Waals surface area contributed by atoms with E-state index in [2.05, 4.69) is 11.1 Å². The molecule has 2 aromatic rings. The van der Waals surface area contributed by atoms with Crippen LogP contribution in [-0.2, 0) is 0 Å².